The van der Waals surface area contributed by atoms with E-state index in [-0.39, 0.29) is 5.54 Å². The molecule has 19 heavy (non-hydrogen) atoms. The molecule has 0 radical (unpaired) electrons. The standard InChI is InChI=1S/C17H32N2/c18-14-17(19-13-3-4-15-5-6-15)11-9-16(10-12-17)7-1-2-8-16/h15,19H,1-14,18H2. The Balaban J connectivity index is 1.44. The van der Waals surface area contributed by atoms with Crippen molar-refractivity contribution < 1.29 is 0 Å². The predicted molar refractivity (Wildman–Crippen MR) is 81.1 cm³/mol. The van der Waals surface area contributed by atoms with Crippen molar-refractivity contribution in [2.45, 2.75) is 82.6 Å². The van der Waals surface area contributed by atoms with Crippen molar-refractivity contribution in [3.8, 4) is 0 Å². The molecule has 3 fully saturated rings. The fourth-order valence-corrected chi connectivity index (χ4v) is 4.49. The highest BCUT2D eigenvalue weighted by molar-refractivity contribution is 5.00. The average Bonchev–Trinajstić information content (AvgIpc) is 3.17. The van der Waals surface area contributed by atoms with Crippen LogP contribution >= 0.6 is 0 Å². The number of rotatable bonds is 6. The van der Waals surface area contributed by atoms with Gasteiger partial charge in [0.25, 0.3) is 0 Å². The summed E-state index contributed by atoms with van der Waals surface area (Å²) in [6.07, 6.45) is 17.2. The van der Waals surface area contributed by atoms with Crippen LogP contribution in [0.5, 0.6) is 0 Å². The second-order valence-electron chi connectivity index (χ2n) is 7.70. The number of hydrogen-bond acceptors (Lipinski definition) is 2. The first-order valence-corrected chi connectivity index (χ1v) is 8.71. The normalized spacial score (nSPS) is 28.9. The largest absolute Gasteiger partial charge is 0.329 e. The van der Waals surface area contributed by atoms with E-state index < -0.39 is 0 Å². The van der Waals surface area contributed by atoms with Crippen molar-refractivity contribution in [1.29, 1.82) is 0 Å². The van der Waals surface area contributed by atoms with Crippen LogP contribution in [0.4, 0.5) is 0 Å². The molecule has 3 saturated carbocycles. The Morgan fingerprint density at radius 2 is 1.63 bits per heavy atom. The molecule has 0 saturated heterocycles. The molecule has 0 aromatic heterocycles. The highest BCUT2D eigenvalue weighted by Gasteiger charge is 2.42. The third kappa shape index (κ3) is 3.33. The zero-order valence-electron chi connectivity index (χ0n) is 12.6. The van der Waals surface area contributed by atoms with E-state index in [9.17, 15) is 0 Å². The molecule has 0 aromatic rings. The summed E-state index contributed by atoms with van der Waals surface area (Å²) in [7, 11) is 0. The minimum Gasteiger partial charge on any atom is -0.329 e. The molecule has 0 amide bonds. The van der Waals surface area contributed by atoms with Gasteiger partial charge in [-0.2, -0.15) is 0 Å². The van der Waals surface area contributed by atoms with Crippen LogP contribution in [0.2, 0.25) is 0 Å². The van der Waals surface area contributed by atoms with Crippen molar-refractivity contribution in [2.75, 3.05) is 13.1 Å². The topological polar surface area (TPSA) is 38.0 Å². The summed E-state index contributed by atoms with van der Waals surface area (Å²) in [4.78, 5) is 0. The summed E-state index contributed by atoms with van der Waals surface area (Å²) in [5.41, 5.74) is 7.14. The molecule has 1 spiro atoms. The van der Waals surface area contributed by atoms with Gasteiger partial charge in [0, 0.05) is 12.1 Å². The SMILES string of the molecule is NCC1(NCCCC2CC2)CCC2(CCCC2)CC1. The maximum atomic E-state index is 6.12. The van der Waals surface area contributed by atoms with Gasteiger partial charge in [-0.25, -0.2) is 0 Å². The fraction of sp³-hybridized carbons (Fsp3) is 1.00. The average molecular weight is 264 g/mol. The van der Waals surface area contributed by atoms with E-state index in [1.54, 1.807) is 0 Å². The molecule has 3 N–H and O–H groups in total. The van der Waals surface area contributed by atoms with Gasteiger partial charge in [-0.05, 0) is 69.2 Å². The lowest BCUT2D eigenvalue weighted by molar-refractivity contribution is 0.114. The maximum absolute atomic E-state index is 6.12. The molecule has 3 aliphatic rings. The van der Waals surface area contributed by atoms with Crippen LogP contribution in [0.25, 0.3) is 0 Å². The third-order valence-corrected chi connectivity index (χ3v) is 6.31. The monoisotopic (exact) mass is 264 g/mol. The fourth-order valence-electron chi connectivity index (χ4n) is 4.49. The van der Waals surface area contributed by atoms with Gasteiger partial charge in [-0.1, -0.05) is 25.7 Å². The summed E-state index contributed by atoms with van der Waals surface area (Å²) in [6.45, 7) is 2.03. The van der Waals surface area contributed by atoms with Crippen LogP contribution in [-0.2, 0) is 0 Å². The highest BCUT2D eigenvalue weighted by atomic mass is 15.0. The van der Waals surface area contributed by atoms with Gasteiger partial charge in [-0.3, -0.25) is 0 Å². The molecular weight excluding hydrogens is 232 g/mol. The maximum Gasteiger partial charge on any atom is 0.0304 e. The molecule has 0 aromatic carbocycles. The summed E-state index contributed by atoms with van der Waals surface area (Å²) >= 11 is 0. The zero-order chi connectivity index (χ0) is 13.2. The Morgan fingerprint density at radius 1 is 0.947 bits per heavy atom. The van der Waals surface area contributed by atoms with E-state index in [2.05, 4.69) is 5.32 Å². The highest BCUT2D eigenvalue weighted by Crippen LogP contribution is 2.51. The van der Waals surface area contributed by atoms with Crippen LogP contribution in [0, 0.1) is 11.3 Å². The van der Waals surface area contributed by atoms with Crippen LogP contribution in [0.1, 0.15) is 77.0 Å². The summed E-state index contributed by atoms with van der Waals surface area (Å²) < 4.78 is 0. The number of hydrogen-bond donors (Lipinski definition) is 2. The minimum atomic E-state index is 0.289. The first-order chi connectivity index (χ1) is 9.26. The molecular formula is C17H32N2. The Hall–Kier alpha value is -0.0800. The first kappa shape index (κ1) is 13.9. The third-order valence-electron chi connectivity index (χ3n) is 6.31. The van der Waals surface area contributed by atoms with E-state index in [0.29, 0.717) is 0 Å². The minimum absolute atomic E-state index is 0.289. The predicted octanol–water partition coefficient (Wildman–Crippen LogP) is 3.60. The van der Waals surface area contributed by atoms with Gasteiger partial charge < -0.3 is 11.1 Å². The molecule has 110 valence electrons. The molecule has 3 aliphatic carbocycles. The van der Waals surface area contributed by atoms with Crippen LogP contribution in [-0.4, -0.2) is 18.6 Å². The second-order valence-corrected chi connectivity index (χ2v) is 7.70. The van der Waals surface area contributed by atoms with Gasteiger partial charge in [0.05, 0.1) is 0 Å². The van der Waals surface area contributed by atoms with Gasteiger partial charge in [0.1, 0.15) is 0 Å². The van der Waals surface area contributed by atoms with E-state index in [4.69, 9.17) is 5.73 Å². The van der Waals surface area contributed by atoms with E-state index in [1.807, 2.05) is 0 Å². The lowest BCUT2D eigenvalue weighted by Crippen LogP contribution is -2.54. The number of nitrogens with two attached hydrogens (primary N) is 1. The molecule has 0 unspecified atom stereocenters. The van der Waals surface area contributed by atoms with Gasteiger partial charge in [-0.15, -0.1) is 0 Å². The molecule has 0 bridgehead atoms. The van der Waals surface area contributed by atoms with Crippen molar-refractivity contribution in [3.63, 3.8) is 0 Å². The summed E-state index contributed by atoms with van der Waals surface area (Å²) in [6, 6.07) is 0. The Morgan fingerprint density at radius 3 is 2.21 bits per heavy atom. The van der Waals surface area contributed by atoms with Crippen molar-refractivity contribution in [3.05, 3.63) is 0 Å². The molecule has 2 nitrogen and oxygen atoms in total. The quantitative estimate of drug-likeness (QED) is 0.719. The van der Waals surface area contributed by atoms with Gasteiger partial charge in [0.2, 0.25) is 0 Å². The Bertz CT molecular complexity index is 280. The smallest absolute Gasteiger partial charge is 0.0304 e. The first-order valence-electron chi connectivity index (χ1n) is 8.71. The lowest BCUT2D eigenvalue weighted by Gasteiger charge is -2.45. The summed E-state index contributed by atoms with van der Waals surface area (Å²) in [5, 5.41) is 3.85. The van der Waals surface area contributed by atoms with Crippen molar-refractivity contribution in [2.24, 2.45) is 17.1 Å². The number of nitrogens with one attached hydrogen (secondary N) is 1. The van der Waals surface area contributed by atoms with Crippen LogP contribution < -0.4 is 11.1 Å². The van der Waals surface area contributed by atoms with E-state index in [0.717, 1.165) is 17.9 Å². The molecule has 0 atom stereocenters. The van der Waals surface area contributed by atoms with E-state index >= 15 is 0 Å². The van der Waals surface area contributed by atoms with Crippen molar-refractivity contribution in [1.82, 2.24) is 5.32 Å². The summed E-state index contributed by atoms with van der Waals surface area (Å²) in [5.74, 6) is 1.07. The van der Waals surface area contributed by atoms with Gasteiger partial charge >= 0.3 is 0 Å². The van der Waals surface area contributed by atoms with Crippen LogP contribution in [0.3, 0.4) is 0 Å². The molecule has 2 heteroatoms. The van der Waals surface area contributed by atoms with Gasteiger partial charge in [0.15, 0.2) is 0 Å². The van der Waals surface area contributed by atoms with Crippen LogP contribution in [0.15, 0.2) is 0 Å². The zero-order valence-corrected chi connectivity index (χ0v) is 12.6. The second kappa shape index (κ2) is 5.73. The Kier molecular flexibility index (Phi) is 4.19. The van der Waals surface area contributed by atoms with E-state index in [1.165, 1.54) is 83.6 Å². The van der Waals surface area contributed by atoms with Crippen molar-refractivity contribution >= 4 is 0 Å². The molecule has 3 rings (SSSR count). The lowest BCUT2D eigenvalue weighted by atomic mass is 9.66. The molecule has 0 aliphatic heterocycles. The Labute approximate surface area is 118 Å². The molecule has 0 heterocycles.